The molecule has 6 aromatic carbocycles. The molecule has 0 spiro atoms. The fourth-order valence-corrected chi connectivity index (χ4v) is 10.8. The molecule has 0 atom stereocenters. The van der Waals surface area contributed by atoms with Gasteiger partial charge in [-0.1, -0.05) is 159 Å². The number of pyridine rings is 1. The Morgan fingerprint density at radius 2 is 1.00 bits per heavy atom. The van der Waals surface area contributed by atoms with Crippen LogP contribution in [0.4, 0.5) is 0 Å². The summed E-state index contributed by atoms with van der Waals surface area (Å²) in [4.78, 5) is 16.0. The molecule has 0 saturated heterocycles. The van der Waals surface area contributed by atoms with Gasteiger partial charge in [-0.3, -0.25) is 0 Å². The van der Waals surface area contributed by atoms with Gasteiger partial charge in [0.05, 0.1) is 22.6 Å². The normalized spacial score (nSPS) is 12.9. The average molecular weight is 644 g/mol. The van der Waals surface area contributed by atoms with E-state index >= 15 is 0 Å². The zero-order valence-corrected chi connectivity index (χ0v) is 28.4. The summed E-state index contributed by atoms with van der Waals surface area (Å²) in [6.45, 7) is 4.91. The van der Waals surface area contributed by atoms with Crippen molar-refractivity contribution in [2.75, 3.05) is 0 Å². The van der Waals surface area contributed by atoms with Gasteiger partial charge in [-0.05, 0) is 50.8 Å². The Hall–Kier alpha value is -5.97. The second kappa shape index (κ2) is 11.6. The molecule has 232 valence electrons. The van der Waals surface area contributed by atoms with E-state index in [1.54, 1.807) is 0 Å². The first-order valence-corrected chi connectivity index (χ1v) is 19.8. The minimum absolute atomic E-state index is 0.727. The third-order valence-corrected chi connectivity index (χ3v) is 13.4. The van der Waals surface area contributed by atoms with Crippen LogP contribution in [-0.2, 0) is 0 Å². The van der Waals surface area contributed by atoms with Crippen molar-refractivity contribution in [1.29, 1.82) is 0 Å². The van der Waals surface area contributed by atoms with Gasteiger partial charge >= 0.3 is 0 Å². The van der Waals surface area contributed by atoms with Crippen molar-refractivity contribution in [3.8, 4) is 67.4 Å². The van der Waals surface area contributed by atoms with Crippen LogP contribution >= 0.6 is 0 Å². The highest BCUT2D eigenvalue weighted by atomic mass is 28.3. The molecular formula is C45H33N3Si. The number of rotatable bonds is 5. The summed E-state index contributed by atoms with van der Waals surface area (Å²) in [6.07, 6.45) is 0. The number of aromatic nitrogens is 3. The molecule has 4 heteroatoms. The summed E-state index contributed by atoms with van der Waals surface area (Å²) in [6, 6.07) is 57.8. The van der Waals surface area contributed by atoms with Gasteiger partial charge in [0.2, 0.25) is 0 Å². The zero-order valence-electron chi connectivity index (χ0n) is 27.4. The molecule has 3 heterocycles. The van der Waals surface area contributed by atoms with Crippen LogP contribution in [0, 0.1) is 0 Å². The Balaban J connectivity index is 1.25. The fraction of sp³-hybridized carbons (Fsp3) is 0.0444. The lowest BCUT2D eigenvalue weighted by Gasteiger charge is -2.21. The van der Waals surface area contributed by atoms with E-state index in [4.69, 9.17) is 15.0 Å². The summed E-state index contributed by atoms with van der Waals surface area (Å²) in [5.41, 5.74) is 13.0. The molecule has 3 nitrogen and oxygen atoms in total. The van der Waals surface area contributed by atoms with E-state index in [9.17, 15) is 0 Å². The van der Waals surface area contributed by atoms with Crippen LogP contribution in [0.15, 0.2) is 164 Å². The Labute approximate surface area is 287 Å². The largest absolute Gasteiger partial charge is 0.248 e. The van der Waals surface area contributed by atoms with Crippen molar-refractivity contribution in [2.45, 2.75) is 13.1 Å². The SMILES string of the molecule is C[Si]1(C)c2ccccc2-c2ccc3c(-c4ccccc4)nc(-c4cccc(-c5cc(-c6ccccc6)cc(-c6ccccc6)n5)c4)nc3c21. The highest BCUT2D eigenvalue weighted by Gasteiger charge is 2.39. The third-order valence-electron chi connectivity index (χ3n) is 9.85. The fourth-order valence-electron chi connectivity index (χ4n) is 7.45. The molecular weight excluding hydrogens is 611 g/mol. The van der Waals surface area contributed by atoms with Gasteiger partial charge in [0.25, 0.3) is 0 Å². The number of benzene rings is 6. The van der Waals surface area contributed by atoms with Gasteiger partial charge in [0.1, 0.15) is 8.07 Å². The van der Waals surface area contributed by atoms with E-state index in [0.717, 1.165) is 67.2 Å². The van der Waals surface area contributed by atoms with E-state index in [0.29, 0.717) is 0 Å². The van der Waals surface area contributed by atoms with Crippen LogP contribution < -0.4 is 10.4 Å². The molecule has 9 rings (SSSR count). The molecule has 0 unspecified atom stereocenters. The van der Waals surface area contributed by atoms with E-state index < -0.39 is 8.07 Å². The molecule has 8 aromatic rings. The van der Waals surface area contributed by atoms with Gasteiger partial charge in [-0.2, -0.15) is 0 Å². The van der Waals surface area contributed by atoms with Gasteiger partial charge in [-0.15, -0.1) is 0 Å². The lowest BCUT2D eigenvalue weighted by Crippen LogP contribution is -2.49. The zero-order chi connectivity index (χ0) is 33.0. The Kier molecular flexibility index (Phi) is 6.92. The van der Waals surface area contributed by atoms with Crippen molar-refractivity contribution in [2.24, 2.45) is 0 Å². The smallest absolute Gasteiger partial charge is 0.160 e. The van der Waals surface area contributed by atoms with E-state index in [2.05, 4.69) is 171 Å². The van der Waals surface area contributed by atoms with Gasteiger partial charge in [0, 0.05) is 27.6 Å². The van der Waals surface area contributed by atoms with Gasteiger partial charge < -0.3 is 0 Å². The van der Waals surface area contributed by atoms with Crippen LogP contribution in [0.25, 0.3) is 78.3 Å². The maximum Gasteiger partial charge on any atom is 0.160 e. The topological polar surface area (TPSA) is 38.7 Å². The maximum atomic E-state index is 5.45. The summed E-state index contributed by atoms with van der Waals surface area (Å²) < 4.78 is 0. The van der Waals surface area contributed by atoms with Crippen LogP contribution in [0.2, 0.25) is 13.1 Å². The van der Waals surface area contributed by atoms with Crippen LogP contribution in [-0.4, -0.2) is 23.0 Å². The summed E-state index contributed by atoms with van der Waals surface area (Å²) in [7, 11) is -2.03. The van der Waals surface area contributed by atoms with E-state index in [-0.39, 0.29) is 0 Å². The molecule has 2 aromatic heterocycles. The quantitative estimate of drug-likeness (QED) is 0.175. The number of hydrogen-bond acceptors (Lipinski definition) is 3. The van der Waals surface area contributed by atoms with Crippen molar-refractivity contribution < 1.29 is 0 Å². The van der Waals surface area contributed by atoms with Crippen LogP contribution in [0.5, 0.6) is 0 Å². The molecule has 0 saturated carbocycles. The predicted molar refractivity (Wildman–Crippen MR) is 207 cm³/mol. The molecule has 0 amide bonds. The average Bonchev–Trinajstić information content (AvgIpc) is 3.41. The molecule has 0 radical (unpaired) electrons. The van der Waals surface area contributed by atoms with Gasteiger partial charge in [-0.25, -0.2) is 15.0 Å². The Morgan fingerprint density at radius 1 is 0.408 bits per heavy atom. The minimum atomic E-state index is -2.03. The van der Waals surface area contributed by atoms with E-state index in [1.807, 2.05) is 6.07 Å². The monoisotopic (exact) mass is 643 g/mol. The van der Waals surface area contributed by atoms with Crippen LogP contribution in [0.1, 0.15) is 0 Å². The molecule has 0 N–H and O–H groups in total. The van der Waals surface area contributed by atoms with Crippen molar-refractivity contribution >= 4 is 29.4 Å². The van der Waals surface area contributed by atoms with Crippen molar-refractivity contribution in [3.05, 3.63) is 164 Å². The third kappa shape index (κ3) is 5.00. The molecule has 49 heavy (non-hydrogen) atoms. The highest BCUT2D eigenvalue weighted by molar-refractivity contribution is 7.05. The maximum absolute atomic E-state index is 5.45. The first-order valence-electron chi connectivity index (χ1n) is 16.8. The molecule has 1 aliphatic heterocycles. The molecule has 0 bridgehead atoms. The number of hydrogen-bond donors (Lipinski definition) is 0. The second-order valence-electron chi connectivity index (χ2n) is 13.3. The minimum Gasteiger partial charge on any atom is -0.248 e. The summed E-state index contributed by atoms with van der Waals surface area (Å²) >= 11 is 0. The highest BCUT2D eigenvalue weighted by Crippen LogP contribution is 2.37. The molecule has 1 aliphatic rings. The predicted octanol–water partition coefficient (Wildman–Crippen LogP) is 10.2. The lowest BCUT2D eigenvalue weighted by atomic mass is 9.99. The van der Waals surface area contributed by atoms with Crippen molar-refractivity contribution in [1.82, 2.24) is 15.0 Å². The summed E-state index contributed by atoms with van der Waals surface area (Å²) in [5.74, 6) is 0.727. The Morgan fingerprint density at radius 3 is 1.73 bits per heavy atom. The standard InChI is InChI=1S/C45H33N3Si/c1-49(2)41-24-13-12-23-36(41)37-25-26-38-42(32-19-10-5-11-20-32)47-45(48-43(38)44(37)49)34-22-14-21-33(27-34)40-29-35(30-15-6-3-7-16-30)28-39(46-40)31-17-8-4-9-18-31/h3-29H,1-2H3. The van der Waals surface area contributed by atoms with Crippen molar-refractivity contribution in [3.63, 3.8) is 0 Å². The summed E-state index contributed by atoms with van der Waals surface area (Å²) in [5, 5.41) is 3.97. The molecule has 0 aliphatic carbocycles. The lowest BCUT2D eigenvalue weighted by molar-refractivity contribution is 1.23. The molecule has 0 fully saturated rings. The first-order chi connectivity index (χ1) is 24.0. The number of nitrogens with zero attached hydrogens (tertiary/aromatic N) is 3. The van der Waals surface area contributed by atoms with Gasteiger partial charge in [0.15, 0.2) is 5.82 Å². The second-order valence-corrected chi connectivity index (χ2v) is 17.5. The Bertz CT molecular complexity index is 2450. The number of fused-ring (bicyclic) bond motifs is 5. The van der Waals surface area contributed by atoms with E-state index in [1.165, 1.54) is 21.5 Å². The first kappa shape index (κ1) is 29.2. The van der Waals surface area contributed by atoms with Crippen LogP contribution in [0.3, 0.4) is 0 Å².